The van der Waals surface area contributed by atoms with Crippen molar-refractivity contribution in [3.63, 3.8) is 0 Å². The van der Waals surface area contributed by atoms with E-state index in [0.717, 1.165) is 22.5 Å². The molecule has 8 nitrogen and oxygen atoms in total. The van der Waals surface area contributed by atoms with E-state index in [1.54, 1.807) is 29.6 Å². The monoisotopic (exact) mass is 534 g/mol. The first kappa shape index (κ1) is 25.2. The normalized spacial score (nSPS) is 15.8. The van der Waals surface area contributed by atoms with E-state index in [2.05, 4.69) is 5.32 Å². The van der Waals surface area contributed by atoms with Crippen molar-refractivity contribution in [3.05, 3.63) is 76.1 Å². The Bertz CT molecular complexity index is 1330. The molecule has 11 heteroatoms. The van der Waals surface area contributed by atoms with Crippen molar-refractivity contribution < 1.29 is 27.5 Å². The van der Waals surface area contributed by atoms with Crippen molar-refractivity contribution in [1.29, 1.82) is 0 Å². The molecule has 184 valence electrons. The Morgan fingerprint density at radius 2 is 1.97 bits per heavy atom. The molecule has 0 fully saturated rings. The van der Waals surface area contributed by atoms with Crippen LogP contribution in [-0.4, -0.2) is 44.9 Å². The molecule has 35 heavy (non-hydrogen) atoms. The summed E-state index contributed by atoms with van der Waals surface area (Å²) in [5.74, 6) is -0.765. The second-order valence-electron chi connectivity index (χ2n) is 7.77. The number of anilines is 1. The molecule has 1 N–H and O–H groups in total. The maximum absolute atomic E-state index is 13.3. The van der Waals surface area contributed by atoms with Crippen molar-refractivity contribution in [3.8, 4) is 5.75 Å². The van der Waals surface area contributed by atoms with Gasteiger partial charge in [0.05, 0.1) is 24.6 Å². The number of halogens is 1. The van der Waals surface area contributed by atoms with Crippen LogP contribution in [0.15, 0.2) is 64.2 Å². The van der Waals surface area contributed by atoms with E-state index in [1.165, 1.54) is 17.5 Å². The molecule has 1 unspecified atom stereocenters. The molecule has 1 atom stereocenters. The van der Waals surface area contributed by atoms with E-state index >= 15 is 0 Å². The number of rotatable bonds is 8. The van der Waals surface area contributed by atoms with E-state index in [9.17, 15) is 18.0 Å². The van der Waals surface area contributed by atoms with E-state index in [-0.39, 0.29) is 17.2 Å². The fourth-order valence-electron chi connectivity index (χ4n) is 3.96. The van der Waals surface area contributed by atoms with Gasteiger partial charge in [-0.15, -0.1) is 11.3 Å². The summed E-state index contributed by atoms with van der Waals surface area (Å²) in [4.78, 5) is 25.0. The predicted octanol–water partition coefficient (Wildman–Crippen LogP) is 4.27. The Labute approximate surface area is 212 Å². The van der Waals surface area contributed by atoms with E-state index in [1.807, 2.05) is 24.3 Å². The second kappa shape index (κ2) is 10.8. The van der Waals surface area contributed by atoms with Gasteiger partial charge in [0.2, 0.25) is 0 Å². The summed E-state index contributed by atoms with van der Waals surface area (Å²) in [6, 6.07) is 14.7. The summed E-state index contributed by atoms with van der Waals surface area (Å²) >= 11 is 7.19. The highest BCUT2D eigenvalue weighted by molar-refractivity contribution is 7.91. The van der Waals surface area contributed by atoms with Gasteiger partial charge in [-0.05, 0) is 47.2 Å². The van der Waals surface area contributed by atoms with Crippen LogP contribution < -0.4 is 10.1 Å². The van der Waals surface area contributed by atoms with Gasteiger partial charge in [-0.3, -0.25) is 9.59 Å². The summed E-state index contributed by atoms with van der Waals surface area (Å²) in [6.07, 6.45) is 0.322. The van der Waals surface area contributed by atoms with Gasteiger partial charge < -0.3 is 14.8 Å². The summed E-state index contributed by atoms with van der Waals surface area (Å²) in [5.41, 5.74) is 2.16. The number of fused-ring (bicyclic) bond motifs is 1. The van der Waals surface area contributed by atoms with Crippen LogP contribution >= 0.6 is 22.9 Å². The highest BCUT2D eigenvalue weighted by Gasteiger charge is 2.38. The molecule has 2 aromatic carbocycles. The SMILES string of the molecule is COc1ccc(NC(=O)COC(=O)CC2c3ccccc3CCN2S(=O)(=O)c2cccs2)cc1Cl. The maximum atomic E-state index is 13.3. The van der Waals surface area contributed by atoms with E-state index in [0.29, 0.717) is 22.9 Å². The first-order valence-electron chi connectivity index (χ1n) is 10.7. The lowest BCUT2D eigenvalue weighted by molar-refractivity contribution is -0.148. The number of nitrogens with zero attached hydrogens (tertiary/aromatic N) is 1. The lowest BCUT2D eigenvalue weighted by Gasteiger charge is -2.35. The number of methoxy groups -OCH3 is 1. The van der Waals surface area contributed by atoms with Crippen LogP contribution in [0.25, 0.3) is 0 Å². The van der Waals surface area contributed by atoms with Crippen LogP contribution in [0, 0.1) is 0 Å². The van der Waals surface area contributed by atoms with E-state index < -0.39 is 34.5 Å². The average Bonchev–Trinajstić information content (AvgIpc) is 3.39. The third-order valence-corrected chi connectivity index (χ3v) is 9.16. The number of sulfonamides is 1. The van der Waals surface area contributed by atoms with Crippen LogP contribution in [0.4, 0.5) is 5.69 Å². The number of ether oxygens (including phenoxy) is 2. The Kier molecular flexibility index (Phi) is 7.75. The van der Waals surface area contributed by atoms with Gasteiger partial charge in [0.15, 0.2) is 6.61 Å². The zero-order chi connectivity index (χ0) is 25.0. The molecular formula is C24H23ClN2O6S2. The smallest absolute Gasteiger partial charge is 0.308 e. The van der Waals surface area contributed by atoms with Gasteiger partial charge in [0.1, 0.15) is 9.96 Å². The first-order valence-corrected chi connectivity index (χ1v) is 13.4. The molecule has 0 saturated heterocycles. The molecule has 1 aliphatic rings. The summed E-state index contributed by atoms with van der Waals surface area (Å²) in [7, 11) is -2.31. The van der Waals surface area contributed by atoms with Crippen LogP contribution in [0.5, 0.6) is 5.75 Å². The van der Waals surface area contributed by atoms with Crippen molar-refractivity contribution in [2.45, 2.75) is 23.1 Å². The minimum Gasteiger partial charge on any atom is -0.495 e. The van der Waals surface area contributed by atoms with Gasteiger partial charge >= 0.3 is 5.97 Å². The first-order chi connectivity index (χ1) is 16.8. The summed E-state index contributed by atoms with van der Waals surface area (Å²) < 4.78 is 38.4. The van der Waals surface area contributed by atoms with Gasteiger partial charge in [-0.25, -0.2) is 8.42 Å². The standard InChI is InChI=1S/C24H23ClN2O6S2/c1-32-21-9-8-17(13-19(21)25)26-22(28)15-33-23(29)14-20-18-6-3-2-5-16(18)10-11-27(20)35(30,31)24-7-4-12-34-24/h2-9,12-13,20H,10-11,14-15H2,1H3,(H,26,28). The Hall–Kier alpha value is -2.92. The van der Waals surface area contributed by atoms with Crippen LogP contribution in [0.1, 0.15) is 23.6 Å². The van der Waals surface area contributed by atoms with Gasteiger partial charge in [0, 0.05) is 12.2 Å². The van der Waals surface area contributed by atoms with Crippen LogP contribution in [0.3, 0.4) is 0 Å². The van der Waals surface area contributed by atoms with Crippen molar-refractivity contribution in [2.75, 3.05) is 25.6 Å². The van der Waals surface area contributed by atoms with Gasteiger partial charge in [0.25, 0.3) is 15.9 Å². The Morgan fingerprint density at radius 3 is 2.69 bits per heavy atom. The summed E-state index contributed by atoms with van der Waals surface area (Å²) in [6.45, 7) is -0.275. The molecule has 0 radical (unpaired) electrons. The third-order valence-electron chi connectivity index (χ3n) is 5.58. The number of hydrogen-bond donors (Lipinski definition) is 1. The predicted molar refractivity (Wildman–Crippen MR) is 133 cm³/mol. The highest BCUT2D eigenvalue weighted by atomic mass is 35.5. The largest absolute Gasteiger partial charge is 0.495 e. The fourth-order valence-corrected chi connectivity index (χ4v) is 6.94. The zero-order valence-electron chi connectivity index (χ0n) is 18.8. The molecule has 1 aromatic heterocycles. The lowest BCUT2D eigenvalue weighted by Crippen LogP contribution is -2.41. The number of amides is 1. The molecule has 2 heterocycles. The third kappa shape index (κ3) is 5.67. The Morgan fingerprint density at radius 1 is 1.17 bits per heavy atom. The van der Waals surface area contributed by atoms with E-state index in [4.69, 9.17) is 21.1 Å². The number of benzene rings is 2. The molecule has 0 saturated carbocycles. The molecule has 0 bridgehead atoms. The van der Waals surface area contributed by atoms with Crippen LogP contribution in [0.2, 0.25) is 5.02 Å². The maximum Gasteiger partial charge on any atom is 0.308 e. The number of esters is 1. The van der Waals surface area contributed by atoms with Crippen molar-refractivity contribution in [2.24, 2.45) is 0 Å². The topological polar surface area (TPSA) is 102 Å². The van der Waals surface area contributed by atoms with Gasteiger partial charge in [-0.1, -0.05) is 41.9 Å². The molecule has 3 aromatic rings. The van der Waals surface area contributed by atoms with Crippen molar-refractivity contribution >= 4 is 50.5 Å². The minimum atomic E-state index is -3.80. The minimum absolute atomic E-state index is 0.216. The number of nitrogens with one attached hydrogen (secondary N) is 1. The number of carbonyl (C=O) groups is 2. The van der Waals surface area contributed by atoms with Crippen molar-refractivity contribution in [1.82, 2.24) is 4.31 Å². The summed E-state index contributed by atoms with van der Waals surface area (Å²) in [5, 5.41) is 4.62. The Balaban J connectivity index is 1.45. The fraction of sp³-hybridized carbons (Fsp3) is 0.250. The molecule has 0 spiro atoms. The quantitative estimate of drug-likeness (QED) is 0.433. The number of thiophene rings is 1. The molecular weight excluding hydrogens is 512 g/mol. The van der Waals surface area contributed by atoms with Gasteiger partial charge in [-0.2, -0.15) is 4.31 Å². The average molecular weight is 535 g/mol. The number of carbonyl (C=O) groups excluding carboxylic acids is 2. The molecule has 4 rings (SSSR count). The number of hydrogen-bond acceptors (Lipinski definition) is 7. The molecule has 1 aliphatic heterocycles. The van der Waals surface area contributed by atoms with Crippen LogP contribution in [-0.2, 0) is 30.8 Å². The molecule has 0 aliphatic carbocycles. The zero-order valence-corrected chi connectivity index (χ0v) is 21.2. The lowest BCUT2D eigenvalue weighted by atomic mass is 9.92. The highest BCUT2D eigenvalue weighted by Crippen LogP contribution is 2.37. The second-order valence-corrected chi connectivity index (χ2v) is 11.2. The molecule has 1 amide bonds.